The lowest BCUT2D eigenvalue weighted by molar-refractivity contribution is 0.0999. The molecule has 3 rings (SSSR count). The van der Waals surface area contributed by atoms with Crippen LogP contribution in [0.15, 0.2) is 30.4 Å². The summed E-state index contributed by atoms with van der Waals surface area (Å²) < 4.78 is 5.73. The Balaban J connectivity index is 2.16. The Morgan fingerprint density at radius 2 is 2.33 bits per heavy atom. The highest BCUT2D eigenvalue weighted by Gasteiger charge is 2.37. The normalized spacial score (nSPS) is 25.9. The maximum absolute atomic E-state index is 11.3. The van der Waals surface area contributed by atoms with Crippen molar-refractivity contribution >= 4 is 5.91 Å². The van der Waals surface area contributed by atoms with E-state index in [0.717, 1.165) is 17.7 Å². The van der Waals surface area contributed by atoms with Crippen molar-refractivity contribution in [2.45, 2.75) is 18.4 Å². The average Bonchev–Trinajstić information content (AvgIpc) is 2.75. The first-order valence-corrected chi connectivity index (χ1v) is 5.03. The zero-order valence-electron chi connectivity index (χ0n) is 8.14. The number of primary amides is 1. The maximum Gasteiger partial charge on any atom is 0.249 e. The minimum absolute atomic E-state index is 0.0977. The molecule has 3 heteroatoms. The molecule has 1 amide bonds. The van der Waals surface area contributed by atoms with Gasteiger partial charge in [-0.25, -0.2) is 0 Å². The Hall–Kier alpha value is -1.77. The van der Waals surface area contributed by atoms with E-state index >= 15 is 0 Å². The van der Waals surface area contributed by atoms with E-state index in [4.69, 9.17) is 10.5 Å². The van der Waals surface area contributed by atoms with Gasteiger partial charge in [0, 0.05) is 17.0 Å². The monoisotopic (exact) mass is 201 g/mol. The molecule has 1 heterocycles. The van der Waals surface area contributed by atoms with Crippen LogP contribution in [0.2, 0.25) is 0 Å². The lowest BCUT2D eigenvalue weighted by atomic mass is 9.92. The third-order valence-corrected chi connectivity index (χ3v) is 3.08. The highest BCUT2D eigenvalue weighted by molar-refractivity contribution is 5.95. The predicted octanol–water partition coefficient (Wildman–Crippen LogP) is 1.59. The number of carbonyl (C=O) groups is 1. The van der Waals surface area contributed by atoms with Crippen LogP contribution in [0.25, 0.3) is 0 Å². The van der Waals surface area contributed by atoms with Gasteiger partial charge in [0.2, 0.25) is 5.91 Å². The summed E-state index contributed by atoms with van der Waals surface area (Å²) in [6, 6.07) is 5.48. The van der Waals surface area contributed by atoms with Crippen LogP contribution in [0.3, 0.4) is 0 Å². The Morgan fingerprint density at radius 1 is 1.47 bits per heavy atom. The molecule has 1 aliphatic heterocycles. The minimum atomic E-state index is -0.372. The standard InChI is InChI=1S/C12H11NO2/c13-12(14)8-4-2-6-10-11(8)7-3-1-5-9(7)15-10/h1-2,4-7,9H,3H2,(H2,13,14). The lowest BCUT2D eigenvalue weighted by Crippen LogP contribution is -2.16. The number of rotatable bonds is 1. The summed E-state index contributed by atoms with van der Waals surface area (Å²) >= 11 is 0. The molecule has 1 aliphatic carbocycles. The molecule has 0 spiro atoms. The van der Waals surface area contributed by atoms with Crippen molar-refractivity contribution in [3.63, 3.8) is 0 Å². The molecule has 0 fully saturated rings. The summed E-state index contributed by atoms with van der Waals surface area (Å²) in [7, 11) is 0. The summed E-state index contributed by atoms with van der Waals surface area (Å²) in [6.07, 6.45) is 5.17. The van der Waals surface area contributed by atoms with Gasteiger partial charge in [0.1, 0.15) is 11.9 Å². The summed E-state index contributed by atoms with van der Waals surface area (Å²) in [6.45, 7) is 0. The van der Waals surface area contributed by atoms with Crippen molar-refractivity contribution in [1.29, 1.82) is 0 Å². The zero-order chi connectivity index (χ0) is 10.4. The molecule has 2 aliphatic rings. The van der Waals surface area contributed by atoms with E-state index in [1.165, 1.54) is 0 Å². The molecule has 2 unspecified atom stereocenters. The van der Waals surface area contributed by atoms with Crippen LogP contribution in [0.1, 0.15) is 28.3 Å². The highest BCUT2D eigenvalue weighted by Crippen LogP contribution is 2.45. The van der Waals surface area contributed by atoms with E-state index < -0.39 is 0 Å². The summed E-state index contributed by atoms with van der Waals surface area (Å²) in [4.78, 5) is 11.3. The molecule has 0 radical (unpaired) electrons. The van der Waals surface area contributed by atoms with Crippen LogP contribution < -0.4 is 10.5 Å². The quantitative estimate of drug-likeness (QED) is 0.701. The highest BCUT2D eigenvalue weighted by atomic mass is 16.5. The van der Waals surface area contributed by atoms with E-state index in [1.807, 2.05) is 12.1 Å². The molecule has 0 bridgehead atoms. The topological polar surface area (TPSA) is 52.3 Å². The number of benzene rings is 1. The van der Waals surface area contributed by atoms with Crippen molar-refractivity contribution in [3.05, 3.63) is 41.5 Å². The van der Waals surface area contributed by atoms with Crippen LogP contribution in [0.4, 0.5) is 0 Å². The molecule has 0 aromatic heterocycles. The summed E-state index contributed by atoms with van der Waals surface area (Å²) in [5.74, 6) is 0.720. The first-order valence-electron chi connectivity index (χ1n) is 5.03. The van der Waals surface area contributed by atoms with Crippen LogP contribution in [-0.2, 0) is 0 Å². The van der Waals surface area contributed by atoms with Crippen LogP contribution in [0.5, 0.6) is 5.75 Å². The van der Waals surface area contributed by atoms with Gasteiger partial charge in [-0.05, 0) is 24.6 Å². The van der Waals surface area contributed by atoms with E-state index in [1.54, 1.807) is 6.07 Å². The summed E-state index contributed by atoms with van der Waals surface area (Å²) in [5, 5.41) is 0. The fraction of sp³-hybridized carbons (Fsp3) is 0.250. The van der Waals surface area contributed by atoms with Crippen molar-refractivity contribution in [3.8, 4) is 5.75 Å². The van der Waals surface area contributed by atoms with Gasteiger partial charge >= 0.3 is 0 Å². The van der Waals surface area contributed by atoms with E-state index in [-0.39, 0.29) is 17.9 Å². The van der Waals surface area contributed by atoms with Crippen molar-refractivity contribution in [2.75, 3.05) is 0 Å². The fourth-order valence-corrected chi connectivity index (χ4v) is 2.42. The Morgan fingerprint density at radius 3 is 3.13 bits per heavy atom. The second-order valence-corrected chi connectivity index (χ2v) is 3.93. The van der Waals surface area contributed by atoms with Gasteiger partial charge in [-0.1, -0.05) is 12.1 Å². The van der Waals surface area contributed by atoms with E-state index in [0.29, 0.717) is 5.56 Å². The van der Waals surface area contributed by atoms with Gasteiger partial charge in [0.25, 0.3) is 0 Å². The molecular weight excluding hydrogens is 190 g/mol. The number of allylic oxidation sites excluding steroid dienone is 1. The second kappa shape index (κ2) is 2.86. The molecular formula is C12H11NO2. The van der Waals surface area contributed by atoms with Crippen LogP contribution >= 0.6 is 0 Å². The molecule has 76 valence electrons. The van der Waals surface area contributed by atoms with Crippen LogP contribution in [-0.4, -0.2) is 12.0 Å². The van der Waals surface area contributed by atoms with Crippen LogP contribution in [0, 0.1) is 0 Å². The van der Waals surface area contributed by atoms with E-state index in [2.05, 4.69) is 12.2 Å². The number of hydrogen-bond donors (Lipinski definition) is 1. The Bertz CT molecular complexity index is 465. The van der Waals surface area contributed by atoms with Gasteiger partial charge in [-0.2, -0.15) is 0 Å². The number of ether oxygens (including phenoxy) is 1. The first-order chi connectivity index (χ1) is 7.27. The minimum Gasteiger partial charge on any atom is -0.485 e. The number of fused-ring (bicyclic) bond motifs is 3. The van der Waals surface area contributed by atoms with Crippen molar-refractivity contribution in [2.24, 2.45) is 5.73 Å². The number of carbonyl (C=O) groups excluding carboxylic acids is 1. The summed E-state index contributed by atoms with van der Waals surface area (Å²) in [5.41, 5.74) is 6.94. The zero-order valence-corrected chi connectivity index (χ0v) is 8.14. The molecule has 0 saturated heterocycles. The number of nitrogens with two attached hydrogens (primary N) is 1. The predicted molar refractivity (Wildman–Crippen MR) is 55.9 cm³/mol. The molecule has 1 aromatic rings. The lowest BCUT2D eigenvalue weighted by Gasteiger charge is -2.08. The maximum atomic E-state index is 11.3. The third kappa shape index (κ3) is 1.09. The first kappa shape index (κ1) is 8.53. The Labute approximate surface area is 87.5 Å². The number of amides is 1. The molecule has 2 N–H and O–H groups in total. The molecule has 2 atom stereocenters. The third-order valence-electron chi connectivity index (χ3n) is 3.08. The van der Waals surface area contributed by atoms with Crippen molar-refractivity contribution in [1.82, 2.24) is 0 Å². The largest absolute Gasteiger partial charge is 0.485 e. The van der Waals surface area contributed by atoms with E-state index in [9.17, 15) is 4.79 Å². The second-order valence-electron chi connectivity index (χ2n) is 3.93. The molecule has 3 nitrogen and oxygen atoms in total. The number of hydrogen-bond acceptors (Lipinski definition) is 2. The smallest absolute Gasteiger partial charge is 0.249 e. The molecule has 0 saturated carbocycles. The van der Waals surface area contributed by atoms with Gasteiger partial charge in [-0.15, -0.1) is 0 Å². The van der Waals surface area contributed by atoms with Gasteiger partial charge in [-0.3, -0.25) is 4.79 Å². The molecule has 1 aromatic carbocycles. The average molecular weight is 201 g/mol. The van der Waals surface area contributed by atoms with Crippen molar-refractivity contribution < 1.29 is 9.53 Å². The van der Waals surface area contributed by atoms with Gasteiger partial charge in [0.05, 0.1) is 0 Å². The Kier molecular flexibility index (Phi) is 1.63. The molecule has 15 heavy (non-hydrogen) atoms. The SMILES string of the molecule is NC(=O)c1cccc2c1C1CC=CC1O2. The van der Waals surface area contributed by atoms with Gasteiger partial charge in [0.15, 0.2) is 0 Å². The van der Waals surface area contributed by atoms with Gasteiger partial charge < -0.3 is 10.5 Å². The fourth-order valence-electron chi connectivity index (χ4n) is 2.42.